The van der Waals surface area contributed by atoms with Crippen molar-refractivity contribution in [3.05, 3.63) is 58.9 Å². The summed E-state index contributed by atoms with van der Waals surface area (Å²) in [7, 11) is 0. The average molecular weight is 227 g/mol. The molecule has 0 saturated carbocycles. The van der Waals surface area contributed by atoms with Crippen molar-refractivity contribution in [2.24, 2.45) is 0 Å². The first-order valence-electron chi connectivity index (χ1n) is 5.81. The van der Waals surface area contributed by atoms with Crippen LogP contribution in [0.15, 0.2) is 36.4 Å². The summed E-state index contributed by atoms with van der Waals surface area (Å²) in [6.07, 6.45) is 0. The summed E-state index contributed by atoms with van der Waals surface area (Å²) in [5.74, 6) is 0.136. The molecule has 88 valence electrons. The van der Waals surface area contributed by atoms with Crippen LogP contribution in [-0.4, -0.2) is 10.4 Å². The van der Waals surface area contributed by atoms with Crippen molar-refractivity contribution in [1.29, 1.82) is 0 Å². The minimum Gasteiger partial charge on any atom is -0.344 e. The van der Waals surface area contributed by atoms with Gasteiger partial charge in [-0.2, -0.15) is 0 Å². The van der Waals surface area contributed by atoms with Gasteiger partial charge in [0, 0.05) is 23.5 Å². The van der Waals surface area contributed by atoms with Gasteiger partial charge in [0.15, 0.2) is 5.78 Å². The summed E-state index contributed by atoms with van der Waals surface area (Å²) in [6, 6.07) is 12.3. The Labute approximate surface area is 102 Å². The van der Waals surface area contributed by atoms with Gasteiger partial charge in [0.2, 0.25) is 0 Å². The highest BCUT2D eigenvalue weighted by Gasteiger charge is 2.12. The summed E-state index contributed by atoms with van der Waals surface area (Å²) in [4.78, 5) is 11.5. The number of ketones is 1. The van der Waals surface area contributed by atoms with E-state index in [9.17, 15) is 4.79 Å². The van der Waals surface area contributed by atoms with E-state index in [1.165, 1.54) is 5.56 Å². The molecule has 1 aromatic carbocycles. The van der Waals surface area contributed by atoms with Crippen molar-refractivity contribution in [1.82, 2.24) is 4.57 Å². The molecule has 2 rings (SSSR count). The number of aromatic nitrogens is 1. The molecule has 0 amide bonds. The fraction of sp³-hybridized carbons (Fsp3) is 0.267. The van der Waals surface area contributed by atoms with Crippen molar-refractivity contribution in [3.8, 4) is 0 Å². The molecule has 0 N–H and O–H groups in total. The van der Waals surface area contributed by atoms with E-state index in [1.807, 2.05) is 38.1 Å². The number of nitrogens with zero attached hydrogens (tertiary/aromatic N) is 1. The first kappa shape index (κ1) is 11.6. The predicted octanol–water partition coefficient (Wildman–Crippen LogP) is 3.36. The van der Waals surface area contributed by atoms with E-state index in [-0.39, 0.29) is 5.78 Å². The SMILES string of the molecule is CC(=O)c1cc(C)n(Cc2ccccc2)c1C. The second-order valence-electron chi connectivity index (χ2n) is 4.41. The Bertz CT molecular complexity index is 538. The van der Waals surface area contributed by atoms with Crippen LogP contribution in [0.5, 0.6) is 0 Å². The van der Waals surface area contributed by atoms with E-state index in [0.717, 1.165) is 23.5 Å². The molecule has 17 heavy (non-hydrogen) atoms. The zero-order chi connectivity index (χ0) is 12.4. The number of carbonyl (C=O) groups is 1. The summed E-state index contributed by atoms with van der Waals surface area (Å²) >= 11 is 0. The van der Waals surface area contributed by atoms with Crippen molar-refractivity contribution < 1.29 is 4.79 Å². The van der Waals surface area contributed by atoms with E-state index in [2.05, 4.69) is 16.7 Å². The Hall–Kier alpha value is -1.83. The van der Waals surface area contributed by atoms with Crippen LogP contribution in [0.3, 0.4) is 0 Å². The van der Waals surface area contributed by atoms with Gasteiger partial charge in [-0.3, -0.25) is 4.79 Å². The molecule has 0 atom stereocenters. The smallest absolute Gasteiger partial charge is 0.161 e. The lowest BCUT2D eigenvalue weighted by Gasteiger charge is -2.09. The highest BCUT2D eigenvalue weighted by atomic mass is 16.1. The molecule has 0 bridgehead atoms. The third-order valence-electron chi connectivity index (χ3n) is 3.14. The Morgan fingerprint density at radius 2 is 1.82 bits per heavy atom. The van der Waals surface area contributed by atoms with Crippen LogP contribution in [0.25, 0.3) is 0 Å². The molecule has 0 aliphatic rings. The second kappa shape index (κ2) is 4.58. The summed E-state index contributed by atoms with van der Waals surface area (Å²) in [6.45, 7) is 6.50. The molecular weight excluding hydrogens is 210 g/mol. The predicted molar refractivity (Wildman–Crippen MR) is 69.5 cm³/mol. The fourth-order valence-electron chi connectivity index (χ4n) is 2.17. The minimum atomic E-state index is 0.136. The molecule has 0 aliphatic carbocycles. The summed E-state index contributed by atoms with van der Waals surface area (Å²) in [5.41, 5.74) is 4.28. The molecule has 1 heterocycles. The average Bonchev–Trinajstić information content (AvgIpc) is 2.58. The maximum absolute atomic E-state index is 11.5. The highest BCUT2D eigenvalue weighted by molar-refractivity contribution is 5.95. The van der Waals surface area contributed by atoms with E-state index in [4.69, 9.17) is 0 Å². The van der Waals surface area contributed by atoms with Gasteiger partial charge in [-0.05, 0) is 32.4 Å². The largest absolute Gasteiger partial charge is 0.344 e. The number of rotatable bonds is 3. The third kappa shape index (κ3) is 2.31. The fourth-order valence-corrected chi connectivity index (χ4v) is 2.17. The van der Waals surface area contributed by atoms with Gasteiger partial charge in [0.25, 0.3) is 0 Å². The van der Waals surface area contributed by atoms with Gasteiger partial charge in [-0.1, -0.05) is 30.3 Å². The van der Waals surface area contributed by atoms with Crippen LogP contribution in [0.1, 0.15) is 34.2 Å². The van der Waals surface area contributed by atoms with Crippen LogP contribution in [0.4, 0.5) is 0 Å². The first-order valence-corrected chi connectivity index (χ1v) is 5.81. The Kier molecular flexibility index (Phi) is 3.14. The topological polar surface area (TPSA) is 22.0 Å². The quantitative estimate of drug-likeness (QED) is 0.737. The molecule has 2 nitrogen and oxygen atoms in total. The molecule has 0 unspecified atom stereocenters. The standard InChI is InChI=1S/C15H17NO/c1-11-9-15(13(3)17)12(2)16(11)10-14-7-5-4-6-8-14/h4-9H,10H2,1-3H3. The lowest BCUT2D eigenvalue weighted by Crippen LogP contribution is -2.05. The van der Waals surface area contributed by atoms with Gasteiger partial charge >= 0.3 is 0 Å². The van der Waals surface area contributed by atoms with Gasteiger partial charge in [0.05, 0.1) is 0 Å². The second-order valence-corrected chi connectivity index (χ2v) is 4.41. The van der Waals surface area contributed by atoms with Gasteiger partial charge in [-0.25, -0.2) is 0 Å². The zero-order valence-electron chi connectivity index (χ0n) is 10.5. The summed E-state index contributed by atoms with van der Waals surface area (Å²) in [5, 5.41) is 0. The monoisotopic (exact) mass is 227 g/mol. The molecule has 0 radical (unpaired) electrons. The number of benzene rings is 1. The molecule has 2 aromatic rings. The van der Waals surface area contributed by atoms with Gasteiger partial charge in [0.1, 0.15) is 0 Å². The molecule has 0 aliphatic heterocycles. The number of Topliss-reactive ketones (excluding diaryl/α,β-unsaturated/α-hetero) is 1. The molecule has 2 heteroatoms. The van der Waals surface area contributed by atoms with Crippen molar-refractivity contribution in [2.75, 3.05) is 0 Å². The normalized spacial score (nSPS) is 10.5. The molecular formula is C15H17NO. The van der Waals surface area contributed by atoms with Crippen LogP contribution >= 0.6 is 0 Å². The molecule has 0 spiro atoms. The van der Waals surface area contributed by atoms with Crippen molar-refractivity contribution >= 4 is 5.78 Å². The maximum atomic E-state index is 11.5. The maximum Gasteiger partial charge on any atom is 0.161 e. The number of carbonyl (C=O) groups excluding carboxylic acids is 1. The van der Waals surface area contributed by atoms with Crippen LogP contribution in [0, 0.1) is 13.8 Å². The Morgan fingerprint density at radius 3 is 2.35 bits per heavy atom. The van der Waals surface area contributed by atoms with Crippen LogP contribution in [-0.2, 0) is 6.54 Å². The van der Waals surface area contributed by atoms with Gasteiger partial charge in [-0.15, -0.1) is 0 Å². The molecule has 0 saturated heterocycles. The minimum absolute atomic E-state index is 0.136. The van der Waals surface area contributed by atoms with Crippen molar-refractivity contribution in [3.63, 3.8) is 0 Å². The Morgan fingerprint density at radius 1 is 1.18 bits per heavy atom. The van der Waals surface area contributed by atoms with Gasteiger partial charge < -0.3 is 4.57 Å². The van der Waals surface area contributed by atoms with E-state index < -0.39 is 0 Å². The number of aryl methyl sites for hydroxylation is 1. The van der Waals surface area contributed by atoms with Crippen molar-refractivity contribution in [2.45, 2.75) is 27.3 Å². The Balaban J connectivity index is 2.37. The van der Waals surface area contributed by atoms with E-state index in [1.54, 1.807) is 6.92 Å². The first-order chi connectivity index (χ1) is 8.09. The summed E-state index contributed by atoms with van der Waals surface area (Å²) < 4.78 is 2.19. The van der Waals surface area contributed by atoms with Crippen LogP contribution < -0.4 is 0 Å². The van der Waals surface area contributed by atoms with Crippen LogP contribution in [0.2, 0.25) is 0 Å². The lowest BCUT2D eigenvalue weighted by molar-refractivity contribution is 0.101. The zero-order valence-corrected chi connectivity index (χ0v) is 10.5. The highest BCUT2D eigenvalue weighted by Crippen LogP contribution is 2.17. The number of hydrogen-bond donors (Lipinski definition) is 0. The number of hydrogen-bond acceptors (Lipinski definition) is 1. The lowest BCUT2D eigenvalue weighted by atomic mass is 10.2. The third-order valence-corrected chi connectivity index (χ3v) is 3.14. The molecule has 0 fully saturated rings. The van der Waals surface area contributed by atoms with E-state index in [0.29, 0.717) is 0 Å². The van der Waals surface area contributed by atoms with E-state index >= 15 is 0 Å². The molecule has 1 aromatic heterocycles.